The Morgan fingerprint density at radius 3 is 2.55 bits per heavy atom. The average molecular weight is 485 g/mol. The molecule has 158 valence electrons. The summed E-state index contributed by atoms with van der Waals surface area (Å²) in [5, 5.41) is 7.30. The smallest absolute Gasteiger partial charge is 0.341 e. The molecular formula is C19H25BrN4O4S. The molecule has 10 heteroatoms. The van der Waals surface area contributed by atoms with Crippen LogP contribution >= 0.6 is 27.3 Å². The second kappa shape index (κ2) is 10.0. The van der Waals surface area contributed by atoms with E-state index in [4.69, 9.17) is 4.74 Å². The topological polar surface area (TPSA) is 93.5 Å². The number of thiophene rings is 1. The van der Waals surface area contributed by atoms with Gasteiger partial charge in [-0.3, -0.25) is 14.3 Å². The van der Waals surface area contributed by atoms with Gasteiger partial charge in [-0.1, -0.05) is 13.8 Å². The second-order valence-electron chi connectivity index (χ2n) is 6.65. The third kappa shape index (κ3) is 5.24. The highest BCUT2D eigenvalue weighted by Gasteiger charge is 2.29. The zero-order valence-corrected chi connectivity index (χ0v) is 19.5. The van der Waals surface area contributed by atoms with Gasteiger partial charge in [0.1, 0.15) is 11.0 Å². The van der Waals surface area contributed by atoms with Crippen molar-refractivity contribution < 1.29 is 19.1 Å². The molecule has 2 aromatic rings. The van der Waals surface area contributed by atoms with E-state index < -0.39 is 12.0 Å². The van der Waals surface area contributed by atoms with E-state index in [1.807, 2.05) is 13.8 Å². The molecule has 1 atom stereocenters. The monoisotopic (exact) mass is 484 g/mol. The van der Waals surface area contributed by atoms with Crippen molar-refractivity contribution >= 4 is 50.1 Å². The molecule has 0 saturated carbocycles. The summed E-state index contributed by atoms with van der Waals surface area (Å²) in [6.45, 7) is 5.72. The largest absolute Gasteiger partial charge is 0.462 e. The second-order valence-corrected chi connectivity index (χ2v) is 8.58. The van der Waals surface area contributed by atoms with Crippen LogP contribution in [-0.4, -0.2) is 53.2 Å². The van der Waals surface area contributed by atoms with E-state index in [1.54, 1.807) is 38.1 Å². The first kappa shape index (κ1) is 23.1. The van der Waals surface area contributed by atoms with Gasteiger partial charge in [-0.15, -0.1) is 11.3 Å². The van der Waals surface area contributed by atoms with Gasteiger partial charge in [-0.25, -0.2) is 4.79 Å². The third-order valence-electron chi connectivity index (χ3n) is 4.20. The van der Waals surface area contributed by atoms with Crippen molar-refractivity contribution in [1.29, 1.82) is 0 Å². The highest BCUT2D eigenvalue weighted by Crippen LogP contribution is 2.35. The summed E-state index contributed by atoms with van der Waals surface area (Å²) in [6.07, 6.45) is 4.49. The fourth-order valence-corrected chi connectivity index (χ4v) is 4.22. The van der Waals surface area contributed by atoms with E-state index in [9.17, 15) is 14.4 Å². The van der Waals surface area contributed by atoms with Gasteiger partial charge in [0.25, 0.3) is 5.91 Å². The van der Waals surface area contributed by atoms with Crippen molar-refractivity contribution in [2.24, 2.45) is 0 Å². The lowest BCUT2D eigenvalue weighted by Crippen LogP contribution is -2.26. The lowest BCUT2D eigenvalue weighted by atomic mass is 10.1. The predicted molar refractivity (Wildman–Crippen MR) is 116 cm³/mol. The molecule has 0 aliphatic heterocycles. The van der Waals surface area contributed by atoms with Gasteiger partial charge in [-0.2, -0.15) is 5.10 Å². The number of rotatable bonds is 8. The maximum absolute atomic E-state index is 12.9. The quantitative estimate of drug-likeness (QED) is 0.573. The van der Waals surface area contributed by atoms with E-state index in [2.05, 4.69) is 26.3 Å². The summed E-state index contributed by atoms with van der Waals surface area (Å²) in [7, 11) is 3.27. The minimum absolute atomic E-state index is 0.221. The van der Waals surface area contributed by atoms with Gasteiger partial charge in [0.2, 0.25) is 5.91 Å². The van der Waals surface area contributed by atoms with Crippen LogP contribution in [-0.2, 0) is 9.53 Å². The Kier molecular flexibility index (Phi) is 7.97. The molecular weight excluding hydrogens is 460 g/mol. The molecule has 0 aromatic carbocycles. The van der Waals surface area contributed by atoms with E-state index in [0.717, 1.165) is 15.8 Å². The lowest BCUT2D eigenvalue weighted by molar-refractivity contribution is -0.119. The minimum atomic E-state index is -0.559. The zero-order valence-electron chi connectivity index (χ0n) is 17.1. The molecule has 29 heavy (non-hydrogen) atoms. The Labute approximate surface area is 182 Å². The van der Waals surface area contributed by atoms with Crippen LogP contribution in [0.15, 0.2) is 16.9 Å². The molecule has 8 nitrogen and oxygen atoms in total. The normalized spacial score (nSPS) is 11.8. The third-order valence-corrected chi connectivity index (χ3v) is 5.81. The van der Waals surface area contributed by atoms with Gasteiger partial charge < -0.3 is 15.0 Å². The summed E-state index contributed by atoms with van der Waals surface area (Å²) in [6, 6.07) is -0.559. The number of carbonyl (C=O) groups is 3. The lowest BCUT2D eigenvalue weighted by Gasteiger charge is -2.15. The molecule has 2 rings (SSSR count). The summed E-state index contributed by atoms with van der Waals surface area (Å²) >= 11 is 4.40. The highest BCUT2D eigenvalue weighted by atomic mass is 79.9. The first-order chi connectivity index (χ1) is 13.7. The first-order valence-electron chi connectivity index (χ1n) is 9.23. The first-order valence-corrected chi connectivity index (χ1v) is 10.8. The Hall–Kier alpha value is -2.20. The van der Waals surface area contributed by atoms with Crippen LogP contribution in [0.3, 0.4) is 0 Å². The number of esters is 1. The van der Waals surface area contributed by atoms with E-state index >= 15 is 0 Å². The Bertz CT molecular complexity index is 906. The molecule has 0 spiro atoms. The van der Waals surface area contributed by atoms with E-state index in [-0.39, 0.29) is 24.0 Å². The molecule has 0 aliphatic carbocycles. The number of amides is 2. The number of carbonyl (C=O) groups excluding carboxylic acids is 3. The van der Waals surface area contributed by atoms with Gasteiger partial charge in [0.15, 0.2) is 0 Å². The van der Waals surface area contributed by atoms with Gasteiger partial charge in [0, 0.05) is 20.3 Å². The highest BCUT2D eigenvalue weighted by molar-refractivity contribution is 9.10. The molecule has 1 unspecified atom stereocenters. The molecule has 2 amide bonds. The Balaban J connectivity index is 2.41. The zero-order chi connectivity index (χ0) is 21.7. The Morgan fingerprint density at radius 1 is 1.34 bits per heavy atom. The number of nitrogens with zero attached hydrogens (tertiary/aromatic N) is 3. The number of hydrogen-bond donors (Lipinski definition) is 1. The van der Waals surface area contributed by atoms with Crippen LogP contribution in [0.1, 0.15) is 58.3 Å². The van der Waals surface area contributed by atoms with Crippen molar-refractivity contribution in [2.45, 2.75) is 39.7 Å². The number of ether oxygens (including phenoxy) is 1. The van der Waals surface area contributed by atoms with Crippen molar-refractivity contribution in [3.05, 3.63) is 32.9 Å². The Morgan fingerprint density at radius 2 is 2.03 bits per heavy atom. The van der Waals surface area contributed by atoms with Gasteiger partial charge in [0.05, 0.1) is 27.7 Å². The van der Waals surface area contributed by atoms with Crippen molar-refractivity contribution in [3.8, 4) is 0 Å². The average Bonchev–Trinajstić information content (AvgIpc) is 3.23. The fourth-order valence-electron chi connectivity index (χ4n) is 2.69. The molecule has 0 radical (unpaired) electrons. The van der Waals surface area contributed by atoms with Crippen LogP contribution in [0.2, 0.25) is 0 Å². The molecule has 0 aliphatic rings. The summed E-state index contributed by atoms with van der Waals surface area (Å²) < 4.78 is 7.60. The van der Waals surface area contributed by atoms with Crippen LogP contribution in [0.25, 0.3) is 0 Å². The molecule has 0 saturated heterocycles. The minimum Gasteiger partial charge on any atom is -0.462 e. The van der Waals surface area contributed by atoms with Crippen molar-refractivity contribution in [2.75, 3.05) is 26.0 Å². The predicted octanol–water partition coefficient (Wildman–Crippen LogP) is 3.87. The number of hydrogen-bond acceptors (Lipinski definition) is 6. The van der Waals surface area contributed by atoms with Crippen molar-refractivity contribution in [3.63, 3.8) is 0 Å². The van der Waals surface area contributed by atoms with E-state index in [1.165, 1.54) is 4.90 Å². The van der Waals surface area contributed by atoms with E-state index in [0.29, 0.717) is 28.3 Å². The summed E-state index contributed by atoms with van der Waals surface area (Å²) in [5.41, 5.74) is 0.721. The fraction of sp³-hybridized carbons (Fsp3) is 0.474. The molecule has 2 heterocycles. The van der Waals surface area contributed by atoms with Gasteiger partial charge in [-0.05, 0) is 41.3 Å². The van der Waals surface area contributed by atoms with Crippen molar-refractivity contribution in [1.82, 2.24) is 14.7 Å². The maximum atomic E-state index is 12.9. The molecule has 0 fully saturated rings. The van der Waals surface area contributed by atoms with Crippen LogP contribution in [0.5, 0.6) is 0 Å². The van der Waals surface area contributed by atoms with Crippen LogP contribution < -0.4 is 5.32 Å². The molecule has 1 N–H and O–H groups in total. The maximum Gasteiger partial charge on any atom is 0.341 e. The van der Waals surface area contributed by atoms with Gasteiger partial charge >= 0.3 is 5.97 Å². The number of halogens is 1. The standard InChI is InChI=1S/C19H25BrN4O4S/c1-6-8-28-19(27)14-11(3)15(18(26)23(4)5)29-17(14)22-16(25)13(7-2)24-10-12(20)9-21-24/h9-10,13H,6-8H2,1-5H3,(H,22,25). The van der Waals surface area contributed by atoms with Crippen LogP contribution in [0.4, 0.5) is 5.00 Å². The molecule has 0 bridgehead atoms. The number of nitrogens with one attached hydrogen (secondary N) is 1. The number of anilines is 1. The number of aromatic nitrogens is 2. The SMILES string of the molecule is CCCOC(=O)c1c(NC(=O)C(CC)n2cc(Br)cn2)sc(C(=O)N(C)C)c1C. The summed E-state index contributed by atoms with van der Waals surface area (Å²) in [5.74, 6) is -1.11. The summed E-state index contributed by atoms with van der Waals surface area (Å²) in [4.78, 5) is 39.9. The molecule has 2 aromatic heterocycles. The van der Waals surface area contributed by atoms with Crippen LogP contribution in [0, 0.1) is 6.92 Å².